The number of halogens is 1. The zero-order valence-electron chi connectivity index (χ0n) is 16.4. The molecule has 0 aliphatic heterocycles. The van der Waals surface area contributed by atoms with Gasteiger partial charge in [0.05, 0.1) is 11.4 Å². The summed E-state index contributed by atoms with van der Waals surface area (Å²) in [5, 5.41) is 21.4. The van der Waals surface area contributed by atoms with Crippen molar-refractivity contribution in [2.75, 3.05) is 22.4 Å². The number of aliphatic hydroxyl groups excluding tert-OH is 1. The predicted octanol–water partition coefficient (Wildman–Crippen LogP) is 3.57. The zero-order chi connectivity index (χ0) is 22.4. The average molecular weight is 444 g/mol. The maximum atomic E-state index is 13.1. The Kier molecular flexibility index (Phi) is 6.88. The first-order chi connectivity index (χ1) is 14.8. The van der Waals surface area contributed by atoms with E-state index >= 15 is 0 Å². The molecule has 0 unspecified atom stereocenters. The third-order valence-corrected chi connectivity index (χ3v) is 5.77. The number of aromatic hydroxyl groups is 1. The van der Waals surface area contributed by atoms with E-state index in [4.69, 9.17) is 5.11 Å². The van der Waals surface area contributed by atoms with Crippen molar-refractivity contribution in [3.8, 4) is 16.9 Å². The summed E-state index contributed by atoms with van der Waals surface area (Å²) in [6.07, 6.45) is 0.0560. The van der Waals surface area contributed by atoms with E-state index in [2.05, 4.69) is 10.0 Å². The average Bonchev–Trinajstić information content (AvgIpc) is 2.75. The number of carbonyl (C=O) groups excluding carboxylic acids is 1. The van der Waals surface area contributed by atoms with E-state index in [1.165, 1.54) is 30.3 Å². The number of amides is 1. The maximum Gasteiger partial charge on any atom is 0.255 e. The highest BCUT2D eigenvalue weighted by Crippen LogP contribution is 2.28. The van der Waals surface area contributed by atoms with Gasteiger partial charge < -0.3 is 15.5 Å². The molecule has 0 aliphatic carbocycles. The number of anilines is 2. The van der Waals surface area contributed by atoms with E-state index in [-0.39, 0.29) is 41.7 Å². The first kappa shape index (κ1) is 22.3. The number of phenols is 1. The lowest BCUT2D eigenvalue weighted by atomic mass is 10.0. The smallest absolute Gasteiger partial charge is 0.255 e. The van der Waals surface area contributed by atoms with E-state index in [0.717, 1.165) is 11.1 Å². The fourth-order valence-electron chi connectivity index (χ4n) is 2.83. The minimum absolute atomic E-state index is 0.0560. The maximum absolute atomic E-state index is 13.1. The highest BCUT2D eigenvalue weighted by Gasteiger charge is 2.14. The quantitative estimate of drug-likeness (QED) is 0.313. The van der Waals surface area contributed by atoms with Crippen LogP contribution in [0, 0.1) is 5.82 Å². The van der Waals surface area contributed by atoms with Gasteiger partial charge in [-0.3, -0.25) is 9.52 Å². The minimum Gasteiger partial charge on any atom is -0.506 e. The highest BCUT2D eigenvalue weighted by molar-refractivity contribution is 7.92. The molecule has 0 heterocycles. The third-order valence-electron chi connectivity index (χ3n) is 4.42. The van der Waals surface area contributed by atoms with E-state index in [0.29, 0.717) is 5.56 Å². The Morgan fingerprint density at radius 3 is 2.16 bits per heavy atom. The Balaban J connectivity index is 1.72. The first-order valence-electron chi connectivity index (χ1n) is 9.39. The molecule has 0 radical (unpaired) electrons. The number of nitrogens with one attached hydrogen (secondary N) is 2. The number of benzene rings is 3. The van der Waals surface area contributed by atoms with E-state index in [1.54, 1.807) is 36.4 Å². The molecule has 9 heteroatoms. The third kappa shape index (κ3) is 6.03. The Bertz CT molecular complexity index is 1160. The van der Waals surface area contributed by atoms with Gasteiger partial charge in [0.2, 0.25) is 10.0 Å². The van der Waals surface area contributed by atoms with E-state index < -0.39 is 15.9 Å². The number of sulfonamides is 1. The highest BCUT2D eigenvalue weighted by atomic mass is 32.2. The van der Waals surface area contributed by atoms with Gasteiger partial charge in [0.15, 0.2) is 0 Å². The molecule has 3 rings (SSSR count). The Labute approximate surface area is 179 Å². The van der Waals surface area contributed by atoms with Crippen molar-refractivity contribution >= 4 is 27.3 Å². The lowest BCUT2D eigenvalue weighted by molar-refractivity contribution is 0.102. The molecule has 0 aliphatic rings. The fourth-order valence-corrected chi connectivity index (χ4v) is 3.94. The van der Waals surface area contributed by atoms with Gasteiger partial charge in [-0.25, -0.2) is 12.8 Å². The minimum atomic E-state index is -3.76. The topological polar surface area (TPSA) is 116 Å². The lowest BCUT2D eigenvalue weighted by Crippen LogP contribution is -2.18. The standard InChI is InChI=1S/C22H21FN2O5S/c23-18-8-6-16(7-9-18)15-2-4-17(5-3-15)22(28)24-19-10-11-21(27)20(14-19)25-31(29,30)13-1-12-26/h2-11,14,25-27H,1,12-13H2,(H,24,28). The van der Waals surface area contributed by atoms with Crippen LogP contribution in [0.15, 0.2) is 66.7 Å². The molecule has 0 atom stereocenters. The molecule has 1 amide bonds. The van der Waals surface area contributed by atoms with Crippen LogP contribution in [0.1, 0.15) is 16.8 Å². The summed E-state index contributed by atoms with van der Waals surface area (Å²) in [6, 6.07) is 16.7. The van der Waals surface area contributed by atoms with Crippen LogP contribution < -0.4 is 10.0 Å². The molecule has 31 heavy (non-hydrogen) atoms. The van der Waals surface area contributed by atoms with Gasteiger partial charge in [0.25, 0.3) is 5.91 Å². The van der Waals surface area contributed by atoms with Crippen LogP contribution in [0.5, 0.6) is 5.75 Å². The molecule has 0 saturated heterocycles. The molecule has 0 aromatic heterocycles. The summed E-state index contributed by atoms with van der Waals surface area (Å²) in [7, 11) is -3.76. The summed E-state index contributed by atoms with van der Waals surface area (Å²) in [6.45, 7) is -0.275. The molecular formula is C22H21FN2O5S. The second-order valence-electron chi connectivity index (χ2n) is 6.77. The fraction of sp³-hybridized carbons (Fsp3) is 0.136. The monoisotopic (exact) mass is 444 g/mol. The van der Waals surface area contributed by atoms with E-state index in [9.17, 15) is 22.7 Å². The van der Waals surface area contributed by atoms with Crippen molar-refractivity contribution in [3.63, 3.8) is 0 Å². The van der Waals surface area contributed by atoms with Crippen LogP contribution >= 0.6 is 0 Å². The number of phenolic OH excluding ortho intramolecular Hbond substituents is 1. The number of rotatable bonds is 8. The summed E-state index contributed by atoms with van der Waals surface area (Å²) in [5.74, 6) is -1.36. The Morgan fingerprint density at radius 1 is 0.935 bits per heavy atom. The second kappa shape index (κ2) is 9.59. The van der Waals surface area contributed by atoms with Crippen LogP contribution in [0.2, 0.25) is 0 Å². The summed E-state index contributed by atoms with van der Waals surface area (Å²) in [5.41, 5.74) is 2.20. The van der Waals surface area contributed by atoms with Crippen LogP contribution in [0.4, 0.5) is 15.8 Å². The molecule has 0 saturated carbocycles. The van der Waals surface area contributed by atoms with Gasteiger partial charge in [-0.05, 0) is 60.0 Å². The first-order valence-corrected chi connectivity index (χ1v) is 11.0. The van der Waals surface area contributed by atoms with Crippen LogP contribution in [0.25, 0.3) is 11.1 Å². The van der Waals surface area contributed by atoms with Crippen LogP contribution in [-0.2, 0) is 10.0 Å². The largest absolute Gasteiger partial charge is 0.506 e. The zero-order valence-corrected chi connectivity index (χ0v) is 17.2. The number of carbonyl (C=O) groups is 1. The number of aliphatic hydroxyl groups is 1. The van der Waals surface area contributed by atoms with Crippen molar-refractivity contribution < 1.29 is 27.8 Å². The Hall–Kier alpha value is -3.43. The number of hydrogen-bond donors (Lipinski definition) is 4. The van der Waals surface area contributed by atoms with Crippen molar-refractivity contribution in [1.82, 2.24) is 0 Å². The second-order valence-corrected chi connectivity index (χ2v) is 8.61. The van der Waals surface area contributed by atoms with Gasteiger partial charge in [0.1, 0.15) is 11.6 Å². The lowest BCUT2D eigenvalue weighted by Gasteiger charge is -2.12. The van der Waals surface area contributed by atoms with Crippen molar-refractivity contribution in [3.05, 3.63) is 78.1 Å². The molecule has 0 fully saturated rings. The normalized spacial score (nSPS) is 11.2. The van der Waals surface area contributed by atoms with Crippen molar-refractivity contribution in [2.45, 2.75) is 6.42 Å². The molecule has 4 N–H and O–H groups in total. The van der Waals surface area contributed by atoms with Crippen molar-refractivity contribution in [1.29, 1.82) is 0 Å². The van der Waals surface area contributed by atoms with Gasteiger partial charge in [-0.15, -0.1) is 0 Å². The molecule has 162 valence electrons. The molecule has 3 aromatic rings. The van der Waals surface area contributed by atoms with Gasteiger partial charge in [-0.1, -0.05) is 24.3 Å². The van der Waals surface area contributed by atoms with Crippen LogP contribution in [-0.4, -0.2) is 36.9 Å². The van der Waals surface area contributed by atoms with Crippen LogP contribution in [0.3, 0.4) is 0 Å². The van der Waals surface area contributed by atoms with Gasteiger partial charge in [0, 0.05) is 17.9 Å². The molecule has 0 bridgehead atoms. The number of hydrogen-bond acceptors (Lipinski definition) is 5. The van der Waals surface area contributed by atoms with Crippen molar-refractivity contribution in [2.24, 2.45) is 0 Å². The Morgan fingerprint density at radius 2 is 1.55 bits per heavy atom. The summed E-state index contributed by atoms with van der Waals surface area (Å²) >= 11 is 0. The molecule has 7 nitrogen and oxygen atoms in total. The summed E-state index contributed by atoms with van der Waals surface area (Å²) in [4.78, 5) is 12.5. The van der Waals surface area contributed by atoms with Gasteiger partial charge in [-0.2, -0.15) is 0 Å². The van der Waals surface area contributed by atoms with Gasteiger partial charge >= 0.3 is 0 Å². The molecule has 0 spiro atoms. The molecule has 3 aromatic carbocycles. The summed E-state index contributed by atoms with van der Waals surface area (Å²) < 4.78 is 39.3. The molecular weight excluding hydrogens is 423 g/mol. The SMILES string of the molecule is O=C(Nc1ccc(O)c(NS(=O)(=O)CCCO)c1)c1ccc(-c2ccc(F)cc2)cc1. The van der Waals surface area contributed by atoms with E-state index in [1.807, 2.05) is 0 Å². The predicted molar refractivity (Wildman–Crippen MR) is 117 cm³/mol.